The van der Waals surface area contributed by atoms with Crippen LogP contribution in [0.2, 0.25) is 0 Å². The van der Waals surface area contributed by atoms with Crippen LogP contribution in [0.4, 0.5) is 0 Å². The normalized spacial score (nSPS) is 10.7. The smallest absolute Gasteiger partial charge is 0.160 e. The highest BCUT2D eigenvalue weighted by molar-refractivity contribution is 5.42. The van der Waals surface area contributed by atoms with Gasteiger partial charge in [0.15, 0.2) is 5.75 Å². The zero-order chi connectivity index (χ0) is 13.8. The lowest BCUT2D eigenvalue weighted by atomic mass is 10.1. The Morgan fingerprint density at radius 3 is 2.53 bits per heavy atom. The minimum absolute atomic E-state index is 0.310. The Morgan fingerprint density at radius 2 is 1.95 bits per heavy atom. The molecule has 1 N–H and O–H groups in total. The molecule has 2 rings (SSSR count). The first-order valence-corrected chi connectivity index (χ1v) is 6.59. The van der Waals surface area contributed by atoms with Crippen LogP contribution in [0.3, 0.4) is 0 Å². The monoisotopic (exact) mass is 260 g/mol. The van der Waals surface area contributed by atoms with Gasteiger partial charge < -0.3 is 9.84 Å². The predicted octanol–water partition coefficient (Wildman–Crippen LogP) is 3.24. The molecule has 102 valence electrons. The number of rotatable bonds is 5. The van der Waals surface area contributed by atoms with E-state index < -0.39 is 0 Å². The molecule has 0 spiro atoms. The van der Waals surface area contributed by atoms with Crippen LogP contribution < -0.4 is 4.74 Å². The zero-order valence-corrected chi connectivity index (χ0v) is 11.7. The van der Waals surface area contributed by atoms with Crippen molar-refractivity contribution in [1.29, 1.82) is 0 Å². The summed E-state index contributed by atoms with van der Waals surface area (Å²) in [6, 6.07) is 7.68. The number of methoxy groups -OCH3 is 1. The van der Waals surface area contributed by atoms with Crippen LogP contribution in [0.1, 0.15) is 31.2 Å². The molecule has 1 heterocycles. The molecule has 0 fully saturated rings. The third kappa shape index (κ3) is 2.72. The second-order valence-corrected chi connectivity index (χ2v) is 4.59. The van der Waals surface area contributed by atoms with Crippen molar-refractivity contribution in [3.8, 4) is 17.2 Å². The highest BCUT2D eigenvalue weighted by Gasteiger charge is 2.14. The highest BCUT2D eigenvalue weighted by atomic mass is 16.5. The van der Waals surface area contributed by atoms with E-state index in [4.69, 9.17) is 4.74 Å². The average Bonchev–Trinajstić information content (AvgIpc) is 2.73. The van der Waals surface area contributed by atoms with Crippen LogP contribution in [-0.2, 0) is 6.42 Å². The first-order valence-electron chi connectivity index (χ1n) is 6.59. The van der Waals surface area contributed by atoms with Gasteiger partial charge in [-0.15, -0.1) is 0 Å². The molecule has 1 aromatic carbocycles. The van der Waals surface area contributed by atoms with Crippen LogP contribution >= 0.6 is 0 Å². The van der Waals surface area contributed by atoms with Crippen molar-refractivity contribution in [3.05, 3.63) is 35.7 Å². The van der Waals surface area contributed by atoms with E-state index >= 15 is 0 Å². The van der Waals surface area contributed by atoms with Gasteiger partial charge in [-0.05, 0) is 44.0 Å². The number of aryl methyl sites for hydroxylation is 1. The lowest BCUT2D eigenvalue weighted by molar-refractivity contribution is 0.414. The van der Waals surface area contributed by atoms with E-state index in [1.807, 2.05) is 35.9 Å². The number of aromatic nitrogens is 2. The summed E-state index contributed by atoms with van der Waals surface area (Å²) in [6.45, 7) is 3.96. The molecular weight excluding hydrogens is 240 g/mol. The van der Waals surface area contributed by atoms with E-state index in [-0.39, 0.29) is 0 Å². The fourth-order valence-corrected chi connectivity index (χ4v) is 2.07. The van der Waals surface area contributed by atoms with Gasteiger partial charge in [0, 0.05) is 0 Å². The zero-order valence-electron chi connectivity index (χ0n) is 11.7. The summed E-state index contributed by atoms with van der Waals surface area (Å²) < 4.78 is 6.97. The SMILES string of the molecule is CCCCc1c(O)c(C)nn1-c1ccc(OC)cc1. The van der Waals surface area contributed by atoms with Crippen molar-refractivity contribution in [2.75, 3.05) is 7.11 Å². The van der Waals surface area contributed by atoms with E-state index in [1.54, 1.807) is 7.11 Å². The van der Waals surface area contributed by atoms with Crippen molar-refractivity contribution in [2.24, 2.45) is 0 Å². The Labute approximate surface area is 113 Å². The van der Waals surface area contributed by atoms with Crippen LogP contribution in [-0.4, -0.2) is 22.0 Å². The molecule has 0 radical (unpaired) electrons. The third-order valence-electron chi connectivity index (χ3n) is 3.21. The Bertz CT molecular complexity index is 544. The minimum atomic E-state index is 0.310. The van der Waals surface area contributed by atoms with Crippen molar-refractivity contribution in [1.82, 2.24) is 9.78 Å². The largest absolute Gasteiger partial charge is 0.504 e. The minimum Gasteiger partial charge on any atom is -0.504 e. The Balaban J connectivity index is 2.39. The molecule has 0 saturated heterocycles. The first kappa shape index (κ1) is 13.5. The van der Waals surface area contributed by atoms with E-state index in [0.717, 1.165) is 36.4 Å². The lowest BCUT2D eigenvalue weighted by Crippen LogP contribution is -2.02. The fraction of sp³-hybridized carbons (Fsp3) is 0.400. The quantitative estimate of drug-likeness (QED) is 0.897. The summed E-state index contributed by atoms with van der Waals surface area (Å²) in [5.74, 6) is 1.12. The molecule has 0 atom stereocenters. The number of benzene rings is 1. The molecule has 0 bridgehead atoms. The maximum Gasteiger partial charge on any atom is 0.160 e. The maximum absolute atomic E-state index is 10.1. The summed E-state index contributed by atoms with van der Waals surface area (Å²) in [7, 11) is 1.64. The highest BCUT2D eigenvalue weighted by Crippen LogP contribution is 2.26. The molecular formula is C15H20N2O2. The van der Waals surface area contributed by atoms with Gasteiger partial charge in [0.25, 0.3) is 0 Å². The van der Waals surface area contributed by atoms with E-state index in [1.165, 1.54) is 0 Å². The number of nitrogens with zero attached hydrogens (tertiary/aromatic N) is 2. The van der Waals surface area contributed by atoms with Crippen molar-refractivity contribution < 1.29 is 9.84 Å². The molecule has 0 aliphatic rings. The maximum atomic E-state index is 10.1. The van der Waals surface area contributed by atoms with Crippen molar-refractivity contribution >= 4 is 0 Å². The van der Waals surface area contributed by atoms with Crippen molar-refractivity contribution in [2.45, 2.75) is 33.1 Å². The summed E-state index contributed by atoms with van der Waals surface area (Å²) in [6.07, 6.45) is 2.95. The van der Waals surface area contributed by atoms with E-state index in [2.05, 4.69) is 12.0 Å². The number of hydrogen-bond acceptors (Lipinski definition) is 3. The van der Waals surface area contributed by atoms with Gasteiger partial charge in [-0.1, -0.05) is 13.3 Å². The molecule has 0 aliphatic heterocycles. The summed E-state index contributed by atoms with van der Waals surface area (Å²) in [4.78, 5) is 0. The van der Waals surface area contributed by atoms with Gasteiger partial charge in [-0.3, -0.25) is 0 Å². The molecule has 2 aromatic rings. The number of ether oxygens (including phenoxy) is 1. The third-order valence-corrected chi connectivity index (χ3v) is 3.21. The second kappa shape index (κ2) is 5.78. The average molecular weight is 260 g/mol. The molecule has 0 saturated carbocycles. The van der Waals surface area contributed by atoms with Crippen molar-refractivity contribution in [3.63, 3.8) is 0 Å². The van der Waals surface area contributed by atoms with Gasteiger partial charge >= 0.3 is 0 Å². The summed E-state index contributed by atoms with van der Waals surface area (Å²) in [5.41, 5.74) is 2.49. The molecule has 0 amide bonds. The molecule has 0 unspecified atom stereocenters. The molecule has 4 heteroatoms. The van der Waals surface area contributed by atoms with Gasteiger partial charge in [-0.25, -0.2) is 4.68 Å². The Kier molecular flexibility index (Phi) is 4.10. The number of unbranched alkanes of at least 4 members (excludes halogenated alkanes) is 1. The molecule has 0 aliphatic carbocycles. The molecule has 1 aromatic heterocycles. The van der Waals surface area contributed by atoms with Crippen LogP contribution in [0.15, 0.2) is 24.3 Å². The molecule has 4 nitrogen and oxygen atoms in total. The lowest BCUT2D eigenvalue weighted by Gasteiger charge is -2.08. The van der Waals surface area contributed by atoms with Crippen LogP contribution in [0.25, 0.3) is 5.69 Å². The Morgan fingerprint density at radius 1 is 1.26 bits per heavy atom. The van der Waals surface area contributed by atoms with E-state index in [9.17, 15) is 5.11 Å². The van der Waals surface area contributed by atoms with Gasteiger partial charge in [0.1, 0.15) is 11.4 Å². The van der Waals surface area contributed by atoms with Gasteiger partial charge in [0.2, 0.25) is 0 Å². The number of hydrogen-bond donors (Lipinski definition) is 1. The topological polar surface area (TPSA) is 47.3 Å². The summed E-state index contributed by atoms with van der Waals surface area (Å²) in [5, 5.41) is 14.5. The van der Waals surface area contributed by atoms with Gasteiger partial charge in [0.05, 0.1) is 18.5 Å². The first-order chi connectivity index (χ1) is 9.17. The van der Waals surface area contributed by atoms with Crippen LogP contribution in [0.5, 0.6) is 11.5 Å². The number of aromatic hydroxyl groups is 1. The Hall–Kier alpha value is -1.97. The predicted molar refractivity (Wildman–Crippen MR) is 75.1 cm³/mol. The second-order valence-electron chi connectivity index (χ2n) is 4.59. The summed E-state index contributed by atoms with van der Waals surface area (Å²) >= 11 is 0. The van der Waals surface area contributed by atoms with E-state index in [0.29, 0.717) is 11.4 Å². The molecule has 19 heavy (non-hydrogen) atoms. The fourth-order valence-electron chi connectivity index (χ4n) is 2.07. The standard InChI is InChI=1S/C15H20N2O2/c1-4-5-6-14-15(18)11(2)16-17(14)12-7-9-13(19-3)10-8-12/h7-10,18H,4-6H2,1-3H3. The van der Waals surface area contributed by atoms with Gasteiger partial charge in [-0.2, -0.15) is 5.10 Å². The van der Waals surface area contributed by atoms with Crippen LogP contribution in [0, 0.1) is 6.92 Å².